The van der Waals surface area contributed by atoms with Gasteiger partial charge in [-0.1, -0.05) is 37.5 Å². The molecule has 2 heteroatoms. The van der Waals surface area contributed by atoms with E-state index in [1.54, 1.807) is 12.7 Å². The minimum Gasteiger partial charge on any atom is -0.497 e. The van der Waals surface area contributed by atoms with Crippen molar-refractivity contribution in [3.63, 3.8) is 0 Å². The topological polar surface area (TPSA) is 21.3 Å². The number of methoxy groups -OCH3 is 1. The van der Waals surface area contributed by atoms with Crippen LogP contribution in [0.25, 0.3) is 0 Å². The van der Waals surface area contributed by atoms with Crippen molar-refractivity contribution >= 4 is 0 Å². The standard InChI is InChI=1S/C21H31NO/c1-15(2)10-12-22-20-17-7-5-6-11-21(20,3)19-14-18(23-4)9-8-16(19)13-17/h8-10,14,17,20,22H,5-7,11-13H2,1-4H3/t17?,20-,21+/m0/s1. The van der Waals surface area contributed by atoms with Gasteiger partial charge in [0.2, 0.25) is 0 Å². The highest BCUT2D eigenvalue weighted by atomic mass is 16.5. The van der Waals surface area contributed by atoms with E-state index in [2.05, 4.69) is 50.4 Å². The third kappa shape index (κ3) is 3.19. The number of benzene rings is 1. The van der Waals surface area contributed by atoms with Gasteiger partial charge in [0.15, 0.2) is 0 Å². The molecular weight excluding hydrogens is 282 g/mol. The Morgan fingerprint density at radius 2 is 2.17 bits per heavy atom. The maximum Gasteiger partial charge on any atom is 0.119 e. The lowest BCUT2D eigenvalue weighted by molar-refractivity contribution is 0.214. The van der Waals surface area contributed by atoms with Crippen LogP contribution in [-0.4, -0.2) is 19.7 Å². The predicted octanol–water partition coefficient (Wildman–Crippen LogP) is 4.62. The quantitative estimate of drug-likeness (QED) is 0.819. The Balaban J connectivity index is 1.97. The van der Waals surface area contributed by atoms with Crippen LogP contribution in [0.1, 0.15) is 57.6 Å². The highest BCUT2D eigenvalue weighted by Gasteiger charge is 2.46. The number of rotatable bonds is 4. The van der Waals surface area contributed by atoms with Crippen LogP contribution < -0.4 is 10.1 Å². The van der Waals surface area contributed by atoms with Crippen molar-refractivity contribution in [2.24, 2.45) is 5.92 Å². The number of hydrogen-bond acceptors (Lipinski definition) is 2. The molecule has 0 aliphatic heterocycles. The maximum absolute atomic E-state index is 5.51. The van der Waals surface area contributed by atoms with Crippen molar-refractivity contribution in [3.8, 4) is 5.75 Å². The summed E-state index contributed by atoms with van der Waals surface area (Å²) in [5.41, 5.74) is 4.67. The van der Waals surface area contributed by atoms with E-state index in [4.69, 9.17) is 4.74 Å². The van der Waals surface area contributed by atoms with Gasteiger partial charge in [0, 0.05) is 18.0 Å². The van der Waals surface area contributed by atoms with Gasteiger partial charge < -0.3 is 10.1 Å². The monoisotopic (exact) mass is 313 g/mol. The van der Waals surface area contributed by atoms with E-state index in [1.165, 1.54) is 43.2 Å². The van der Waals surface area contributed by atoms with Crippen LogP contribution in [0.2, 0.25) is 0 Å². The maximum atomic E-state index is 5.51. The number of allylic oxidation sites excluding steroid dienone is 1. The fourth-order valence-corrected chi connectivity index (χ4v) is 4.72. The number of nitrogens with one attached hydrogen (secondary N) is 1. The van der Waals surface area contributed by atoms with Crippen molar-refractivity contribution in [1.82, 2.24) is 5.32 Å². The van der Waals surface area contributed by atoms with E-state index in [0.29, 0.717) is 6.04 Å². The summed E-state index contributed by atoms with van der Waals surface area (Å²) < 4.78 is 5.51. The van der Waals surface area contributed by atoms with Gasteiger partial charge in [0.25, 0.3) is 0 Å². The molecule has 0 aromatic heterocycles. The van der Waals surface area contributed by atoms with Crippen LogP contribution in [0.4, 0.5) is 0 Å². The fraction of sp³-hybridized carbons (Fsp3) is 0.619. The smallest absolute Gasteiger partial charge is 0.119 e. The SMILES string of the molecule is COc1ccc2c(c1)[C@@]1(C)CCCCC(C2)[C@@H]1NCC=C(C)C. The normalized spacial score (nSPS) is 29.4. The zero-order chi connectivity index (χ0) is 16.4. The molecule has 2 nitrogen and oxygen atoms in total. The van der Waals surface area contributed by atoms with E-state index in [9.17, 15) is 0 Å². The van der Waals surface area contributed by atoms with E-state index >= 15 is 0 Å². The highest BCUT2D eigenvalue weighted by molar-refractivity contribution is 5.44. The summed E-state index contributed by atoms with van der Waals surface area (Å²) in [4.78, 5) is 0. The van der Waals surface area contributed by atoms with Crippen molar-refractivity contribution < 1.29 is 4.74 Å². The molecule has 0 saturated heterocycles. The first-order valence-electron chi connectivity index (χ1n) is 9.09. The van der Waals surface area contributed by atoms with E-state index in [0.717, 1.165) is 18.2 Å². The molecular formula is C21H31NO. The first kappa shape index (κ1) is 16.6. The lowest BCUT2D eigenvalue weighted by Crippen LogP contribution is -2.54. The van der Waals surface area contributed by atoms with Crippen LogP contribution in [-0.2, 0) is 11.8 Å². The van der Waals surface area contributed by atoms with Gasteiger partial charge in [0.1, 0.15) is 5.75 Å². The van der Waals surface area contributed by atoms with Crippen molar-refractivity contribution in [2.45, 2.75) is 64.3 Å². The van der Waals surface area contributed by atoms with Gasteiger partial charge in [-0.2, -0.15) is 0 Å². The molecule has 0 amide bonds. The van der Waals surface area contributed by atoms with Gasteiger partial charge in [0.05, 0.1) is 7.11 Å². The van der Waals surface area contributed by atoms with Crippen molar-refractivity contribution in [1.29, 1.82) is 0 Å². The third-order valence-corrected chi connectivity index (χ3v) is 5.94. The Bertz CT molecular complexity index is 588. The zero-order valence-electron chi connectivity index (χ0n) is 15.1. The molecule has 1 aromatic carbocycles. The molecule has 0 radical (unpaired) electrons. The molecule has 3 atom stereocenters. The van der Waals surface area contributed by atoms with Gasteiger partial charge in [-0.25, -0.2) is 0 Å². The molecule has 1 N–H and O–H groups in total. The molecule has 1 aromatic rings. The average Bonchev–Trinajstić information content (AvgIpc) is 2.64. The molecule has 2 bridgehead atoms. The largest absolute Gasteiger partial charge is 0.497 e. The Kier molecular flexibility index (Phi) is 4.82. The van der Waals surface area contributed by atoms with E-state index in [1.807, 2.05) is 0 Å². The Hall–Kier alpha value is -1.28. The molecule has 1 fully saturated rings. The van der Waals surface area contributed by atoms with Gasteiger partial charge in [-0.3, -0.25) is 0 Å². The van der Waals surface area contributed by atoms with Crippen LogP contribution in [0.15, 0.2) is 29.8 Å². The molecule has 1 saturated carbocycles. The Morgan fingerprint density at radius 1 is 1.35 bits per heavy atom. The van der Waals surface area contributed by atoms with Crippen molar-refractivity contribution in [2.75, 3.05) is 13.7 Å². The Morgan fingerprint density at radius 3 is 2.91 bits per heavy atom. The Labute approximate surface area is 141 Å². The summed E-state index contributed by atoms with van der Waals surface area (Å²) in [6.07, 6.45) is 8.86. The van der Waals surface area contributed by atoms with Crippen LogP contribution in [0.5, 0.6) is 5.75 Å². The second kappa shape index (κ2) is 6.68. The average molecular weight is 313 g/mol. The van der Waals surface area contributed by atoms with E-state index in [-0.39, 0.29) is 5.41 Å². The van der Waals surface area contributed by atoms with Gasteiger partial charge in [-0.15, -0.1) is 0 Å². The van der Waals surface area contributed by atoms with Crippen LogP contribution >= 0.6 is 0 Å². The molecule has 1 unspecified atom stereocenters. The number of ether oxygens (including phenoxy) is 1. The first-order chi connectivity index (χ1) is 11.0. The summed E-state index contributed by atoms with van der Waals surface area (Å²) in [5.74, 6) is 1.75. The summed E-state index contributed by atoms with van der Waals surface area (Å²) in [6, 6.07) is 7.30. The third-order valence-electron chi connectivity index (χ3n) is 5.94. The summed E-state index contributed by atoms with van der Waals surface area (Å²) in [5, 5.41) is 3.90. The molecule has 2 aliphatic carbocycles. The van der Waals surface area contributed by atoms with Crippen LogP contribution in [0.3, 0.4) is 0 Å². The molecule has 2 aliphatic rings. The number of fused-ring (bicyclic) bond motifs is 4. The van der Waals surface area contributed by atoms with E-state index < -0.39 is 0 Å². The summed E-state index contributed by atoms with van der Waals surface area (Å²) in [7, 11) is 1.77. The molecule has 126 valence electrons. The molecule has 0 heterocycles. The van der Waals surface area contributed by atoms with Gasteiger partial charge in [-0.05, 0) is 62.3 Å². The second-order valence-electron chi connectivity index (χ2n) is 7.82. The van der Waals surface area contributed by atoms with Crippen LogP contribution in [0, 0.1) is 5.92 Å². The van der Waals surface area contributed by atoms with Gasteiger partial charge >= 0.3 is 0 Å². The predicted molar refractivity (Wildman–Crippen MR) is 97.2 cm³/mol. The molecule has 3 rings (SSSR count). The van der Waals surface area contributed by atoms with Crippen molar-refractivity contribution in [3.05, 3.63) is 41.0 Å². The highest BCUT2D eigenvalue weighted by Crippen LogP contribution is 2.48. The second-order valence-corrected chi connectivity index (χ2v) is 7.82. The number of hydrogen-bond donors (Lipinski definition) is 1. The lowest BCUT2D eigenvalue weighted by atomic mass is 9.62. The minimum atomic E-state index is 0.221. The summed E-state index contributed by atoms with van der Waals surface area (Å²) >= 11 is 0. The molecule has 0 spiro atoms. The molecule has 23 heavy (non-hydrogen) atoms. The fourth-order valence-electron chi connectivity index (χ4n) is 4.72. The first-order valence-corrected chi connectivity index (χ1v) is 9.09. The summed E-state index contributed by atoms with van der Waals surface area (Å²) in [6.45, 7) is 7.82. The lowest BCUT2D eigenvalue weighted by Gasteiger charge is -2.46. The zero-order valence-corrected chi connectivity index (χ0v) is 15.1. The minimum absolute atomic E-state index is 0.221.